The molecule has 0 bridgehead atoms. The van der Waals surface area contributed by atoms with Gasteiger partial charge in [0, 0.05) is 17.0 Å². The largest absolute Gasteiger partial charge is 0.493 e. The molecule has 29 heavy (non-hydrogen) atoms. The molecule has 1 N–H and O–H groups in total. The van der Waals surface area contributed by atoms with Crippen LogP contribution in [0.5, 0.6) is 11.5 Å². The molecule has 0 aliphatic carbocycles. The zero-order valence-corrected chi connectivity index (χ0v) is 16.6. The molecule has 1 aromatic heterocycles. The molecule has 5 heteroatoms. The summed E-state index contributed by atoms with van der Waals surface area (Å²) in [6.45, 7) is 2.05. The Hall–Kier alpha value is -3.73. The lowest BCUT2D eigenvalue weighted by Crippen LogP contribution is -2.07. The first-order chi connectivity index (χ1) is 14.2. The third kappa shape index (κ3) is 3.94. The number of hydrogen-bond donors (Lipinski definition) is 1. The first kappa shape index (κ1) is 18.6. The van der Waals surface area contributed by atoms with Crippen molar-refractivity contribution in [1.29, 1.82) is 0 Å². The van der Waals surface area contributed by atoms with Crippen LogP contribution in [0.4, 0.5) is 5.69 Å². The minimum Gasteiger partial charge on any atom is -0.493 e. The number of hydrogen-bond acceptors (Lipinski definition) is 5. The number of benzene rings is 3. The highest BCUT2D eigenvalue weighted by Crippen LogP contribution is 2.32. The fourth-order valence-corrected chi connectivity index (χ4v) is 3.14. The maximum absolute atomic E-state index is 6.18. The third-order valence-electron chi connectivity index (χ3n) is 4.65. The number of anilines is 1. The SMILES string of the molecule is COc1ccc(-c2c/c(=N/Nc3ccccc3)c3cc(C)ccc3o2)cc1OC. The molecule has 0 unspecified atom stereocenters. The van der Waals surface area contributed by atoms with Gasteiger partial charge in [-0.15, -0.1) is 0 Å². The molecule has 4 rings (SSSR count). The van der Waals surface area contributed by atoms with Gasteiger partial charge in [0.05, 0.1) is 25.3 Å². The van der Waals surface area contributed by atoms with Gasteiger partial charge in [-0.3, -0.25) is 5.43 Å². The normalized spacial score (nSPS) is 11.5. The molecule has 0 amide bonds. The number of fused-ring (bicyclic) bond motifs is 1. The summed E-state index contributed by atoms with van der Waals surface area (Å²) in [7, 11) is 3.24. The van der Waals surface area contributed by atoms with E-state index in [4.69, 9.17) is 13.9 Å². The smallest absolute Gasteiger partial charge is 0.161 e. The first-order valence-electron chi connectivity index (χ1n) is 9.29. The predicted octanol–water partition coefficient (Wildman–Crippen LogP) is 5.35. The van der Waals surface area contributed by atoms with Crippen molar-refractivity contribution >= 4 is 16.7 Å². The fourth-order valence-electron chi connectivity index (χ4n) is 3.14. The van der Waals surface area contributed by atoms with Crippen LogP contribution in [0.3, 0.4) is 0 Å². The second kappa shape index (κ2) is 8.10. The molecule has 0 spiro atoms. The molecule has 0 saturated heterocycles. The average Bonchev–Trinajstić information content (AvgIpc) is 2.77. The Balaban J connectivity index is 1.87. The number of methoxy groups -OCH3 is 2. The molecular weight excluding hydrogens is 364 g/mol. The highest BCUT2D eigenvalue weighted by atomic mass is 16.5. The Morgan fingerprint density at radius 3 is 2.38 bits per heavy atom. The van der Waals surface area contributed by atoms with Gasteiger partial charge in [0.1, 0.15) is 11.3 Å². The quantitative estimate of drug-likeness (QED) is 0.470. The standard InChI is InChI=1S/C24H22N2O3/c1-16-9-11-21-19(13-16)20(26-25-18-7-5-4-6-8-18)15-23(29-21)17-10-12-22(27-2)24(14-17)28-3/h4-15,25H,1-3H3/b26-20-. The van der Waals surface area contributed by atoms with Crippen LogP contribution in [-0.4, -0.2) is 14.2 Å². The molecule has 0 aliphatic rings. The van der Waals surface area contributed by atoms with Crippen molar-refractivity contribution in [1.82, 2.24) is 0 Å². The Labute approximate surface area is 169 Å². The maximum Gasteiger partial charge on any atom is 0.161 e. The number of aryl methyl sites for hydroxylation is 1. The molecule has 0 fully saturated rings. The van der Waals surface area contributed by atoms with Gasteiger partial charge in [-0.1, -0.05) is 29.8 Å². The van der Waals surface area contributed by atoms with Crippen molar-refractivity contribution < 1.29 is 13.9 Å². The Bertz CT molecular complexity index is 1210. The Morgan fingerprint density at radius 2 is 1.62 bits per heavy atom. The van der Waals surface area contributed by atoms with Crippen molar-refractivity contribution in [2.45, 2.75) is 6.92 Å². The summed E-state index contributed by atoms with van der Waals surface area (Å²) in [5, 5.41) is 6.38. The molecular formula is C24H22N2O3. The van der Waals surface area contributed by atoms with E-state index in [1.165, 1.54) is 0 Å². The summed E-state index contributed by atoms with van der Waals surface area (Å²) in [6.07, 6.45) is 0. The van der Waals surface area contributed by atoms with Gasteiger partial charge in [0.2, 0.25) is 0 Å². The van der Waals surface area contributed by atoms with E-state index in [0.717, 1.165) is 33.1 Å². The second-order valence-corrected chi connectivity index (χ2v) is 6.65. The topological polar surface area (TPSA) is 56.0 Å². The van der Waals surface area contributed by atoms with Gasteiger partial charge in [-0.25, -0.2) is 0 Å². The lowest BCUT2D eigenvalue weighted by molar-refractivity contribution is 0.355. The van der Waals surface area contributed by atoms with E-state index in [2.05, 4.69) is 23.5 Å². The van der Waals surface area contributed by atoms with Crippen molar-refractivity contribution in [2.24, 2.45) is 5.10 Å². The maximum atomic E-state index is 6.18. The number of nitrogens with one attached hydrogen (secondary N) is 1. The van der Waals surface area contributed by atoms with Gasteiger partial charge in [0.25, 0.3) is 0 Å². The zero-order chi connectivity index (χ0) is 20.2. The minimum atomic E-state index is 0.644. The van der Waals surface area contributed by atoms with Crippen molar-refractivity contribution in [3.05, 3.63) is 83.7 Å². The monoisotopic (exact) mass is 386 g/mol. The lowest BCUT2D eigenvalue weighted by atomic mass is 10.1. The number of para-hydroxylation sites is 1. The average molecular weight is 386 g/mol. The van der Waals surface area contributed by atoms with Crippen molar-refractivity contribution in [3.8, 4) is 22.8 Å². The van der Waals surface area contributed by atoms with Gasteiger partial charge < -0.3 is 13.9 Å². The number of rotatable bonds is 5. The molecule has 0 saturated carbocycles. The van der Waals surface area contributed by atoms with Gasteiger partial charge in [0.15, 0.2) is 11.5 Å². The van der Waals surface area contributed by atoms with Crippen LogP contribution in [-0.2, 0) is 0 Å². The highest BCUT2D eigenvalue weighted by molar-refractivity contribution is 5.79. The summed E-state index contributed by atoms with van der Waals surface area (Å²) in [5.74, 6) is 2.00. The zero-order valence-electron chi connectivity index (χ0n) is 16.6. The summed E-state index contributed by atoms with van der Waals surface area (Å²) >= 11 is 0. The van der Waals surface area contributed by atoms with Crippen LogP contribution in [0.2, 0.25) is 0 Å². The van der Waals surface area contributed by atoms with Crippen LogP contribution in [0, 0.1) is 6.92 Å². The van der Waals surface area contributed by atoms with Gasteiger partial charge in [-0.2, -0.15) is 5.10 Å². The third-order valence-corrected chi connectivity index (χ3v) is 4.65. The van der Waals surface area contributed by atoms with E-state index in [1.54, 1.807) is 14.2 Å². The Morgan fingerprint density at radius 1 is 0.828 bits per heavy atom. The molecule has 146 valence electrons. The van der Waals surface area contributed by atoms with Crippen LogP contribution >= 0.6 is 0 Å². The summed E-state index contributed by atoms with van der Waals surface area (Å²) in [5.41, 5.74) is 6.83. The van der Waals surface area contributed by atoms with Crippen LogP contribution in [0.25, 0.3) is 22.3 Å². The lowest BCUT2D eigenvalue weighted by Gasteiger charge is -2.10. The summed E-state index contributed by atoms with van der Waals surface area (Å²) in [4.78, 5) is 0. The molecule has 0 atom stereocenters. The fraction of sp³-hybridized carbons (Fsp3) is 0.125. The van der Waals surface area contributed by atoms with Crippen LogP contribution in [0.1, 0.15) is 5.56 Å². The van der Waals surface area contributed by atoms with E-state index in [9.17, 15) is 0 Å². The van der Waals surface area contributed by atoms with E-state index in [1.807, 2.05) is 66.7 Å². The molecule has 0 radical (unpaired) electrons. The predicted molar refractivity (Wildman–Crippen MR) is 115 cm³/mol. The van der Waals surface area contributed by atoms with E-state index < -0.39 is 0 Å². The van der Waals surface area contributed by atoms with E-state index >= 15 is 0 Å². The van der Waals surface area contributed by atoms with Crippen molar-refractivity contribution in [2.75, 3.05) is 19.6 Å². The molecule has 0 aliphatic heterocycles. The number of nitrogens with zero attached hydrogens (tertiary/aromatic N) is 1. The van der Waals surface area contributed by atoms with Gasteiger partial charge >= 0.3 is 0 Å². The first-order valence-corrected chi connectivity index (χ1v) is 9.29. The van der Waals surface area contributed by atoms with Crippen molar-refractivity contribution in [3.63, 3.8) is 0 Å². The van der Waals surface area contributed by atoms with Crippen LogP contribution < -0.4 is 20.3 Å². The van der Waals surface area contributed by atoms with Crippen LogP contribution in [0.15, 0.2) is 82.3 Å². The molecule has 4 aromatic rings. The molecule has 3 aromatic carbocycles. The minimum absolute atomic E-state index is 0.644. The molecule has 5 nitrogen and oxygen atoms in total. The highest BCUT2D eigenvalue weighted by Gasteiger charge is 2.10. The van der Waals surface area contributed by atoms with E-state index in [0.29, 0.717) is 17.3 Å². The molecule has 1 heterocycles. The Kier molecular flexibility index (Phi) is 5.20. The summed E-state index contributed by atoms with van der Waals surface area (Å²) in [6, 6.07) is 23.5. The second-order valence-electron chi connectivity index (χ2n) is 6.65. The number of ether oxygens (including phenoxy) is 2. The summed E-state index contributed by atoms with van der Waals surface area (Å²) < 4.78 is 17.0. The van der Waals surface area contributed by atoms with E-state index in [-0.39, 0.29) is 0 Å². The van der Waals surface area contributed by atoms with Gasteiger partial charge in [-0.05, 0) is 49.4 Å².